The van der Waals surface area contributed by atoms with E-state index in [2.05, 4.69) is 130 Å². The monoisotopic (exact) mass is 593 g/mol. The fourth-order valence-corrected chi connectivity index (χ4v) is 7.03. The first-order valence-corrected chi connectivity index (χ1v) is 15.7. The smallest absolute Gasteiger partial charge is 0.130 e. The first kappa shape index (κ1) is 26.5. The van der Waals surface area contributed by atoms with E-state index in [0.717, 1.165) is 28.2 Å². The summed E-state index contributed by atoms with van der Waals surface area (Å²) in [7, 11) is 0. The van der Waals surface area contributed by atoms with Gasteiger partial charge in [0.2, 0.25) is 0 Å². The van der Waals surface area contributed by atoms with Gasteiger partial charge in [0.25, 0.3) is 0 Å². The van der Waals surface area contributed by atoms with Gasteiger partial charge in [-0.1, -0.05) is 109 Å². The maximum atomic E-state index is 6.92. The van der Waals surface area contributed by atoms with Crippen LogP contribution >= 0.6 is 0 Å². The molecular weight excluding hydrogens is 562 g/mol. The highest BCUT2D eigenvalue weighted by molar-refractivity contribution is 6.27. The Kier molecular flexibility index (Phi) is 6.11. The Morgan fingerprint density at radius 2 is 1.28 bits per heavy atom. The molecule has 0 saturated carbocycles. The number of nitrogens with two attached hydrogens (primary N) is 1. The van der Waals surface area contributed by atoms with E-state index < -0.39 is 6.17 Å². The quantitative estimate of drug-likeness (QED) is 0.115. The summed E-state index contributed by atoms with van der Waals surface area (Å²) in [6.45, 7) is 0.563. The minimum absolute atomic E-state index is 0.466. The molecule has 0 amide bonds. The summed E-state index contributed by atoms with van der Waals surface area (Å²) in [4.78, 5) is 4.97. The van der Waals surface area contributed by atoms with Crippen LogP contribution in [0.25, 0.3) is 54.7 Å². The van der Waals surface area contributed by atoms with E-state index in [1.54, 1.807) is 0 Å². The molecule has 3 N–H and O–H groups in total. The number of hydrogen-bond donors (Lipinski definition) is 2. The van der Waals surface area contributed by atoms with Gasteiger partial charge in [0, 0.05) is 44.4 Å². The molecule has 9 aromatic rings. The lowest BCUT2D eigenvalue weighted by atomic mass is 10.1. The van der Waals surface area contributed by atoms with Crippen molar-refractivity contribution < 1.29 is 0 Å². The molecule has 1 atom stereocenters. The van der Waals surface area contributed by atoms with Crippen LogP contribution in [0.5, 0.6) is 0 Å². The zero-order valence-corrected chi connectivity index (χ0v) is 25.1. The van der Waals surface area contributed by atoms with Crippen molar-refractivity contribution >= 4 is 54.8 Å². The van der Waals surface area contributed by atoms with Crippen LogP contribution in [0, 0.1) is 0 Å². The highest BCUT2D eigenvalue weighted by Crippen LogP contribution is 2.42. The summed E-state index contributed by atoms with van der Waals surface area (Å²) >= 11 is 0. The Morgan fingerprint density at radius 3 is 2.09 bits per heavy atom. The molecule has 9 rings (SSSR count). The van der Waals surface area contributed by atoms with Crippen molar-refractivity contribution in [2.75, 3.05) is 0 Å². The molecule has 46 heavy (non-hydrogen) atoms. The summed E-state index contributed by atoms with van der Waals surface area (Å²) in [6.07, 6.45) is 1.74. The Bertz CT molecular complexity index is 2540. The van der Waals surface area contributed by atoms with Crippen molar-refractivity contribution in [1.29, 1.82) is 0 Å². The molecule has 6 aromatic carbocycles. The third-order valence-electron chi connectivity index (χ3n) is 9.14. The van der Waals surface area contributed by atoms with Crippen LogP contribution in [0.4, 0.5) is 0 Å². The number of rotatable bonds is 6. The van der Waals surface area contributed by atoms with E-state index >= 15 is 0 Å². The fourth-order valence-electron chi connectivity index (χ4n) is 7.03. The van der Waals surface area contributed by atoms with Crippen LogP contribution in [0.15, 0.2) is 157 Å². The van der Waals surface area contributed by atoms with Crippen LogP contribution in [0.3, 0.4) is 0 Å². The first-order chi connectivity index (χ1) is 22.7. The van der Waals surface area contributed by atoms with Crippen LogP contribution in [-0.2, 0) is 6.54 Å². The van der Waals surface area contributed by atoms with Gasteiger partial charge in [0.1, 0.15) is 12.0 Å². The molecule has 0 aliphatic carbocycles. The van der Waals surface area contributed by atoms with Crippen molar-refractivity contribution in [2.24, 2.45) is 10.7 Å². The molecule has 5 heteroatoms. The maximum absolute atomic E-state index is 6.92. The standard InChI is InChI=1S/C41H31N5/c42-40(44-41(28-14-5-2-6-15-28)43-26-27-12-3-1-4-13-27)29-16-11-17-30(24-29)46-37-21-10-8-19-32(37)35-25-34-31-18-7-9-20-36(31)45-23-22-33(38(34)45)39(35)46/h1-25,40H,26,42H2,(H,43,44). The Hall–Kier alpha value is -5.91. The van der Waals surface area contributed by atoms with Crippen LogP contribution < -0.4 is 11.1 Å². The van der Waals surface area contributed by atoms with Crippen LogP contribution in [0.2, 0.25) is 0 Å². The van der Waals surface area contributed by atoms with E-state index in [0.29, 0.717) is 6.54 Å². The van der Waals surface area contributed by atoms with Gasteiger partial charge in [-0.15, -0.1) is 0 Å². The van der Waals surface area contributed by atoms with Gasteiger partial charge in [0.05, 0.1) is 28.6 Å². The lowest BCUT2D eigenvalue weighted by Crippen LogP contribution is -2.35. The molecule has 0 bridgehead atoms. The Morgan fingerprint density at radius 1 is 0.609 bits per heavy atom. The third-order valence-corrected chi connectivity index (χ3v) is 9.14. The minimum Gasteiger partial charge on any atom is -0.351 e. The second-order valence-corrected chi connectivity index (χ2v) is 11.9. The second kappa shape index (κ2) is 10.6. The van der Waals surface area contributed by atoms with Crippen molar-refractivity contribution in [1.82, 2.24) is 14.3 Å². The SMILES string of the molecule is NC(NC(=NCc1ccccc1)c1ccccc1)c1cccc(-n2c3ccccc3c3cc4c5ccccc5n5ccc(c32)c45)c1. The largest absolute Gasteiger partial charge is 0.351 e. The van der Waals surface area contributed by atoms with E-state index in [9.17, 15) is 0 Å². The molecule has 3 heterocycles. The van der Waals surface area contributed by atoms with Gasteiger partial charge in [-0.3, -0.25) is 4.99 Å². The van der Waals surface area contributed by atoms with E-state index in [1.807, 2.05) is 36.4 Å². The number of para-hydroxylation sites is 2. The molecule has 0 aliphatic rings. The van der Waals surface area contributed by atoms with Crippen molar-refractivity contribution in [3.63, 3.8) is 0 Å². The van der Waals surface area contributed by atoms with Gasteiger partial charge in [-0.05, 0) is 47.5 Å². The number of amidine groups is 1. The number of nitrogens with zero attached hydrogens (tertiary/aromatic N) is 3. The van der Waals surface area contributed by atoms with Gasteiger partial charge in [0.15, 0.2) is 0 Å². The molecular formula is C41H31N5. The predicted molar refractivity (Wildman–Crippen MR) is 191 cm³/mol. The zero-order chi connectivity index (χ0) is 30.6. The molecule has 0 spiro atoms. The summed E-state index contributed by atoms with van der Waals surface area (Å²) < 4.78 is 4.73. The fraction of sp³-hybridized carbons (Fsp3) is 0.0488. The third kappa shape index (κ3) is 4.17. The molecule has 1 unspecified atom stereocenters. The van der Waals surface area contributed by atoms with Crippen molar-refractivity contribution in [3.05, 3.63) is 168 Å². The molecule has 0 saturated heterocycles. The molecule has 5 nitrogen and oxygen atoms in total. The van der Waals surface area contributed by atoms with Gasteiger partial charge in [-0.25, -0.2) is 0 Å². The van der Waals surface area contributed by atoms with E-state index in [-0.39, 0.29) is 0 Å². The summed E-state index contributed by atoms with van der Waals surface area (Å²) in [5, 5.41) is 9.84. The van der Waals surface area contributed by atoms with Gasteiger partial charge >= 0.3 is 0 Å². The Labute approximate surface area is 266 Å². The zero-order valence-electron chi connectivity index (χ0n) is 25.1. The number of fused-ring (bicyclic) bond motifs is 7. The summed E-state index contributed by atoms with van der Waals surface area (Å²) in [6, 6.07) is 51.1. The molecule has 220 valence electrons. The van der Waals surface area contributed by atoms with Gasteiger partial charge in [-0.2, -0.15) is 0 Å². The first-order valence-electron chi connectivity index (χ1n) is 15.7. The van der Waals surface area contributed by atoms with Crippen LogP contribution in [-0.4, -0.2) is 14.8 Å². The number of hydrogen-bond acceptors (Lipinski definition) is 2. The van der Waals surface area contributed by atoms with Crippen molar-refractivity contribution in [3.8, 4) is 5.69 Å². The highest BCUT2D eigenvalue weighted by atomic mass is 15.1. The normalized spacial score (nSPS) is 13.0. The molecule has 3 aromatic heterocycles. The average molecular weight is 594 g/mol. The number of aromatic nitrogens is 2. The predicted octanol–water partition coefficient (Wildman–Crippen LogP) is 8.97. The lowest BCUT2D eigenvalue weighted by Gasteiger charge is -2.19. The number of aliphatic imine (C=N–C) groups is 1. The summed E-state index contributed by atoms with van der Waals surface area (Å²) in [5.41, 5.74) is 16.0. The minimum atomic E-state index is -0.466. The number of nitrogens with one attached hydrogen (secondary N) is 1. The van der Waals surface area contributed by atoms with E-state index in [4.69, 9.17) is 10.7 Å². The molecule has 0 radical (unpaired) electrons. The molecule has 0 fully saturated rings. The topological polar surface area (TPSA) is 59.8 Å². The highest BCUT2D eigenvalue weighted by Gasteiger charge is 2.21. The van der Waals surface area contributed by atoms with Crippen LogP contribution in [0.1, 0.15) is 22.9 Å². The Balaban J connectivity index is 1.17. The average Bonchev–Trinajstić information content (AvgIpc) is 3.80. The second-order valence-electron chi connectivity index (χ2n) is 11.9. The van der Waals surface area contributed by atoms with Crippen molar-refractivity contribution in [2.45, 2.75) is 12.7 Å². The lowest BCUT2D eigenvalue weighted by molar-refractivity contribution is 0.678. The molecule has 0 aliphatic heterocycles. The van der Waals surface area contributed by atoms with E-state index in [1.165, 1.54) is 49.0 Å². The maximum Gasteiger partial charge on any atom is 0.130 e. The summed E-state index contributed by atoms with van der Waals surface area (Å²) in [5.74, 6) is 0.771. The number of benzene rings is 6. The van der Waals surface area contributed by atoms with Gasteiger partial charge < -0.3 is 20.0 Å².